The maximum absolute atomic E-state index is 12.6. The van der Waals surface area contributed by atoms with E-state index in [0.29, 0.717) is 30.8 Å². The molecule has 29 heavy (non-hydrogen) atoms. The first-order valence-electron chi connectivity index (χ1n) is 9.70. The SMILES string of the molecule is Cc1cc(C(=O)N2CCC(NC(O)NCc3ccc(C(N)=O)cc3)CC2)ccn1. The third kappa shape index (κ3) is 5.83. The molecule has 2 aromatic rings. The molecule has 2 heterocycles. The predicted octanol–water partition coefficient (Wildman–Crippen LogP) is 0.749. The number of aryl methyl sites for hydroxylation is 1. The minimum atomic E-state index is -0.860. The van der Waals surface area contributed by atoms with Crippen molar-refractivity contribution >= 4 is 11.8 Å². The standard InChI is InChI=1S/C21H27N5O3/c1-14-12-17(6-9-23-14)20(28)26-10-7-18(8-11-26)25-21(29)24-13-15-2-4-16(5-3-15)19(22)27/h2-6,9,12,18,21,24-25,29H,7-8,10-11,13H2,1H3,(H2,22,27). The van der Waals surface area contributed by atoms with Crippen LogP contribution in [0.2, 0.25) is 0 Å². The molecule has 0 saturated carbocycles. The number of piperidine rings is 1. The molecular formula is C21H27N5O3. The van der Waals surface area contributed by atoms with Gasteiger partial charge in [0.05, 0.1) is 0 Å². The average Bonchev–Trinajstić information content (AvgIpc) is 2.72. The van der Waals surface area contributed by atoms with E-state index in [2.05, 4.69) is 15.6 Å². The fraction of sp³-hybridized carbons (Fsp3) is 0.381. The quantitative estimate of drug-likeness (QED) is 0.512. The van der Waals surface area contributed by atoms with Crippen LogP contribution in [0.3, 0.4) is 0 Å². The Kier molecular flexibility index (Phi) is 6.92. The molecule has 1 fully saturated rings. The fourth-order valence-electron chi connectivity index (χ4n) is 3.39. The van der Waals surface area contributed by atoms with Crippen LogP contribution in [0.1, 0.15) is 44.8 Å². The first-order chi connectivity index (χ1) is 13.9. The molecule has 1 atom stereocenters. The van der Waals surface area contributed by atoms with Gasteiger partial charge in [-0.1, -0.05) is 12.1 Å². The van der Waals surface area contributed by atoms with E-state index in [9.17, 15) is 14.7 Å². The van der Waals surface area contributed by atoms with Gasteiger partial charge in [-0.15, -0.1) is 0 Å². The number of carbonyl (C=O) groups excluding carboxylic acids is 2. The number of primary amides is 1. The van der Waals surface area contributed by atoms with E-state index in [1.165, 1.54) is 0 Å². The highest BCUT2D eigenvalue weighted by molar-refractivity contribution is 5.94. The summed E-state index contributed by atoms with van der Waals surface area (Å²) >= 11 is 0. The lowest BCUT2D eigenvalue weighted by atomic mass is 10.0. The minimum absolute atomic E-state index is 0.0204. The maximum Gasteiger partial charge on any atom is 0.253 e. The lowest BCUT2D eigenvalue weighted by molar-refractivity contribution is 0.0581. The number of nitrogens with two attached hydrogens (primary N) is 1. The number of benzene rings is 1. The molecule has 1 aromatic carbocycles. The van der Waals surface area contributed by atoms with E-state index in [4.69, 9.17) is 5.73 Å². The van der Waals surface area contributed by atoms with Crippen molar-refractivity contribution in [3.05, 3.63) is 65.0 Å². The van der Waals surface area contributed by atoms with Crippen LogP contribution in [0.5, 0.6) is 0 Å². The summed E-state index contributed by atoms with van der Waals surface area (Å²) in [4.78, 5) is 29.7. The van der Waals surface area contributed by atoms with Crippen LogP contribution >= 0.6 is 0 Å². The molecule has 5 N–H and O–H groups in total. The third-order valence-corrected chi connectivity index (χ3v) is 5.06. The molecular weight excluding hydrogens is 370 g/mol. The zero-order valence-corrected chi connectivity index (χ0v) is 16.5. The van der Waals surface area contributed by atoms with Gasteiger partial charge in [-0.2, -0.15) is 0 Å². The van der Waals surface area contributed by atoms with Crippen molar-refractivity contribution in [3.63, 3.8) is 0 Å². The van der Waals surface area contributed by atoms with Crippen molar-refractivity contribution in [3.8, 4) is 0 Å². The Balaban J connectivity index is 1.41. The van der Waals surface area contributed by atoms with Crippen LogP contribution in [0.25, 0.3) is 0 Å². The summed E-state index contributed by atoms with van der Waals surface area (Å²) in [6, 6.07) is 10.6. The Labute approximate surface area is 170 Å². The molecule has 1 aromatic heterocycles. The number of hydrogen-bond donors (Lipinski definition) is 4. The number of aliphatic hydroxyl groups is 1. The minimum Gasteiger partial charge on any atom is -0.366 e. The van der Waals surface area contributed by atoms with Crippen LogP contribution in [-0.2, 0) is 6.54 Å². The molecule has 0 spiro atoms. The number of likely N-dealkylation sites (tertiary alicyclic amines) is 1. The molecule has 3 rings (SSSR count). The Morgan fingerprint density at radius 2 is 1.90 bits per heavy atom. The second kappa shape index (κ2) is 9.60. The Morgan fingerprint density at radius 1 is 1.21 bits per heavy atom. The zero-order valence-electron chi connectivity index (χ0n) is 16.5. The summed E-state index contributed by atoms with van der Waals surface area (Å²) in [6.07, 6.45) is 2.32. The zero-order chi connectivity index (χ0) is 20.8. The highest BCUT2D eigenvalue weighted by Crippen LogP contribution is 2.14. The van der Waals surface area contributed by atoms with Crippen LogP contribution in [0, 0.1) is 6.92 Å². The van der Waals surface area contributed by atoms with Gasteiger partial charge < -0.3 is 15.7 Å². The van der Waals surface area contributed by atoms with Gasteiger partial charge in [0.15, 0.2) is 6.35 Å². The van der Waals surface area contributed by atoms with Crippen molar-refractivity contribution in [2.45, 2.75) is 38.7 Å². The monoisotopic (exact) mass is 397 g/mol. The lowest BCUT2D eigenvalue weighted by Crippen LogP contribution is -2.51. The van der Waals surface area contributed by atoms with E-state index in [0.717, 1.165) is 24.1 Å². The van der Waals surface area contributed by atoms with Gasteiger partial charge in [-0.3, -0.25) is 25.2 Å². The number of nitrogens with one attached hydrogen (secondary N) is 2. The number of nitrogens with zero attached hydrogens (tertiary/aromatic N) is 2. The molecule has 1 aliphatic heterocycles. The van der Waals surface area contributed by atoms with E-state index in [-0.39, 0.29) is 11.9 Å². The van der Waals surface area contributed by atoms with Gasteiger partial charge in [0.25, 0.3) is 5.91 Å². The fourth-order valence-corrected chi connectivity index (χ4v) is 3.39. The largest absolute Gasteiger partial charge is 0.366 e. The van der Waals surface area contributed by atoms with Gasteiger partial charge >= 0.3 is 0 Å². The summed E-state index contributed by atoms with van der Waals surface area (Å²) in [6.45, 7) is 3.59. The van der Waals surface area contributed by atoms with Crippen molar-refractivity contribution in [1.82, 2.24) is 20.5 Å². The maximum atomic E-state index is 12.6. The number of carbonyl (C=O) groups is 2. The normalized spacial score (nSPS) is 15.9. The Morgan fingerprint density at radius 3 is 2.52 bits per heavy atom. The predicted molar refractivity (Wildman–Crippen MR) is 109 cm³/mol. The molecule has 2 amide bonds. The summed E-state index contributed by atoms with van der Waals surface area (Å²) in [5.74, 6) is -0.442. The molecule has 1 unspecified atom stereocenters. The number of aromatic nitrogens is 1. The van der Waals surface area contributed by atoms with Gasteiger partial charge in [0.2, 0.25) is 5.91 Å². The van der Waals surface area contributed by atoms with Crippen molar-refractivity contribution in [1.29, 1.82) is 0 Å². The number of amides is 2. The van der Waals surface area contributed by atoms with Gasteiger partial charge in [-0.25, -0.2) is 0 Å². The summed E-state index contributed by atoms with van der Waals surface area (Å²) in [7, 11) is 0. The highest BCUT2D eigenvalue weighted by atomic mass is 16.3. The average molecular weight is 397 g/mol. The Bertz CT molecular complexity index is 848. The van der Waals surface area contributed by atoms with Gasteiger partial charge in [0, 0.05) is 48.7 Å². The number of aliphatic hydroxyl groups excluding tert-OH is 1. The molecule has 0 aliphatic carbocycles. The first kappa shape index (κ1) is 20.9. The number of hydrogen-bond acceptors (Lipinski definition) is 6. The summed E-state index contributed by atoms with van der Waals surface area (Å²) < 4.78 is 0. The van der Waals surface area contributed by atoms with Gasteiger partial charge in [0.1, 0.15) is 0 Å². The number of pyridine rings is 1. The van der Waals surface area contributed by atoms with E-state index < -0.39 is 12.3 Å². The smallest absolute Gasteiger partial charge is 0.253 e. The van der Waals surface area contributed by atoms with Crippen LogP contribution in [0.15, 0.2) is 42.6 Å². The molecule has 8 nitrogen and oxygen atoms in total. The van der Waals surface area contributed by atoms with E-state index in [1.807, 2.05) is 11.8 Å². The third-order valence-electron chi connectivity index (χ3n) is 5.06. The second-order valence-corrected chi connectivity index (χ2v) is 7.26. The molecule has 154 valence electrons. The highest BCUT2D eigenvalue weighted by Gasteiger charge is 2.24. The second-order valence-electron chi connectivity index (χ2n) is 7.26. The molecule has 0 bridgehead atoms. The van der Waals surface area contributed by atoms with Crippen LogP contribution < -0.4 is 16.4 Å². The van der Waals surface area contributed by atoms with E-state index in [1.54, 1.807) is 42.6 Å². The number of rotatable bonds is 7. The molecule has 0 radical (unpaired) electrons. The molecule has 1 aliphatic rings. The lowest BCUT2D eigenvalue weighted by Gasteiger charge is -2.33. The van der Waals surface area contributed by atoms with Gasteiger partial charge in [-0.05, 0) is 49.6 Å². The van der Waals surface area contributed by atoms with Crippen molar-refractivity contribution < 1.29 is 14.7 Å². The topological polar surface area (TPSA) is 121 Å². The summed E-state index contributed by atoms with van der Waals surface area (Å²) in [5, 5.41) is 16.4. The van der Waals surface area contributed by atoms with Crippen molar-refractivity contribution in [2.24, 2.45) is 5.73 Å². The first-order valence-corrected chi connectivity index (χ1v) is 9.70. The Hall–Kier alpha value is -2.81. The van der Waals surface area contributed by atoms with Crippen LogP contribution in [-0.4, -0.2) is 52.3 Å². The van der Waals surface area contributed by atoms with Crippen molar-refractivity contribution in [2.75, 3.05) is 13.1 Å². The molecule has 1 saturated heterocycles. The molecule has 8 heteroatoms. The van der Waals surface area contributed by atoms with E-state index >= 15 is 0 Å². The van der Waals surface area contributed by atoms with Crippen LogP contribution in [0.4, 0.5) is 0 Å². The summed E-state index contributed by atoms with van der Waals surface area (Å²) in [5.41, 5.74) is 8.10.